The summed E-state index contributed by atoms with van der Waals surface area (Å²) in [6, 6.07) is 10.0. The fourth-order valence-corrected chi connectivity index (χ4v) is 5.34. The second-order valence-electron chi connectivity index (χ2n) is 6.05. The molecule has 1 aliphatic heterocycles. The predicted molar refractivity (Wildman–Crippen MR) is 103 cm³/mol. The van der Waals surface area contributed by atoms with Crippen molar-refractivity contribution < 1.29 is 21.6 Å². The number of sulfonamides is 2. The third kappa shape index (κ3) is 4.44. The zero-order valence-electron chi connectivity index (χ0n) is 14.6. The summed E-state index contributed by atoms with van der Waals surface area (Å²) in [7, 11) is -7.55. The molecule has 0 spiro atoms. The van der Waals surface area contributed by atoms with Gasteiger partial charge in [-0.3, -0.25) is 4.72 Å². The molecular weight excluding hydrogens is 412 g/mol. The first kappa shape index (κ1) is 20.1. The number of rotatable bonds is 5. The molecule has 7 nitrogen and oxygen atoms in total. The average Bonchev–Trinajstić information content (AvgIpc) is 2.65. The lowest BCUT2D eigenvalue weighted by Crippen LogP contribution is -2.40. The van der Waals surface area contributed by atoms with E-state index >= 15 is 0 Å². The van der Waals surface area contributed by atoms with Crippen LogP contribution in [0.5, 0.6) is 0 Å². The molecule has 0 amide bonds. The quantitative estimate of drug-likeness (QED) is 0.786. The Bertz CT molecular complexity index is 1030. The van der Waals surface area contributed by atoms with E-state index in [1.54, 1.807) is 19.1 Å². The molecule has 0 aromatic heterocycles. The normalized spacial score (nSPS) is 16.2. The van der Waals surface area contributed by atoms with Crippen molar-refractivity contribution in [1.29, 1.82) is 0 Å². The minimum atomic E-state index is -3.88. The maximum Gasteiger partial charge on any atom is 0.261 e. The largest absolute Gasteiger partial charge is 0.379 e. The van der Waals surface area contributed by atoms with Gasteiger partial charge in [0.15, 0.2) is 0 Å². The van der Waals surface area contributed by atoms with Gasteiger partial charge < -0.3 is 4.74 Å². The van der Waals surface area contributed by atoms with Crippen LogP contribution in [-0.2, 0) is 24.8 Å². The van der Waals surface area contributed by atoms with Crippen molar-refractivity contribution in [2.24, 2.45) is 0 Å². The van der Waals surface area contributed by atoms with Crippen LogP contribution in [0.1, 0.15) is 5.56 Å². The van der Waals surface area contributed by atoms with Gasteiger partial charge in [-0.2, -0.15) is 4.31 Å². The summed E-state index contributed by atoms with van der Waals surface area (Å²) in [4.78, 5) is 0.00471. The molecule has 0 radical (unpaired) electrons. The van der Waals surface area contributed by atoms with Crippen LogP contribution in [-0.4, -0.2) is 47.4 Å². The van der Waals surface area contributed by atoms with E-state index in [0.29, 0.717) is 23.9 Å². The Morgan fingerprint density at radius 1 is 0.963 bits per heavy atom. The van der Waals surface area contributed by atoms with Crippen molar-refractivity contribution in [2.75, 3.05) is 31.0 Å². The number of nitrogens with one attached hydrogen (secondary N) is 1. The van der Waals surface area contributed by atoms with E-state index in [2.05, 4.69) is 4.72 Å². The molecule has 27 heavy (non-hydrogen) atoms. The highest BCUT2D eigenvalue weighted by molar-refractivity contribution is 7.92. The lowest BCUT2D eigenvalue weighted by Gasteiger charge is -2.26. The van der Waals surface area contributed by atoms with Crippen molar-refractivity contribution >= 4 is 37.3 Å². The highest BCUT2D eigenvalue weighted by Crippen LogP contribution is 2.25. The third-order valence-electron chi connectivity index (χ3n) is 4.19. The van der Waals surface area contributed by atoms with Crippen molar-refractivity contribution in [1.82, 2.24) is 4.31 Å². The Hall–Kier alpha value is -1.65. The molecular formula is C17H19ClN2O5S2. The molecule has 1 aliphatic rings. The molecule has 0 bridgehead atoms. The molecule has 1 saturated heterocycles. The SMILES string of the molecule is Cc1ccc(Cl)cc1NS(=O)(=O)c1ccc(S(=O)(=O)N2CCOCC2)cc1. The van der Waals surface area contributed by atoms with Gasteiger partial charge in [-0.1, -0.05) is 17.7 Å². The van der Waals surface area contributed by atoms with E-state index in [4.69, 9.17) is 16.3 Å². The van der Waals surface area contributed by atoms with Crippen molar-refractivity contribution in [3.05, 3.63) is 53.1 Å². The number of nitrogens with zero attached hydrogens (tertiary/aromatic N) is 1. The van der Waals surface area contributed by atoms with Crippen LogP contribution >= 0.6 is 11.6 Å². The number of benzene rings is 2. The Labute approximate surface area is 164 Å². The van der Waals surface area contributed by atoms with Gasteiger partial charge >= 0.3 is 0 Å². The van der Waals surface area contributed by atoms with Gasteiger partial charge in [0.2, 0.25) is 10.0 Å². The molecule has 10 heteroatoms. The van der Waals surface area contributed by atoms with Gasteiger partial charge in [-0.05, 0) is 48.9 Å². The molecule has 1 N–H and O–H groups in total. The molecule has 2 aromatic carbocycles. The molecule has 0 aliphatic carbocycles. The van der Waals surface area contributed by atoms with Crippen LogP contribution in [0.15, 0.2) is 52.3 Å². The highest BCUT2D eigenvalue weighted by Gasteiger charge is 2.27. The fourth-order valence-electron chi connectivity index (χ4n) is 2.63. The number of aryl methyl sites for hydroxylation is 1. The molecule has 3 rings (SSSR count). The summed E-state index contributed by atoms with van der Waals surface area (Å²) in [5.74, 6) is 0. The number of hydrogen-bond acceptors (Lipinski definition) is 5. The van der Waals surface area contributed by atoms with Gasteiger partial charge in [0.25, 0.3) is 10.0 Å². The Kier molecular flexibility index (Phi) is 5.78. The predicted octanol–water partition coefficient (Wildman–Crippen LogP) is 2.47. The van der Waals surface area contributed by atoms with Gasteiger partial charge in [-0.25, -0.2) is 16.8 Å². The minimum Gasteiger partial charge on any atom is -0.379 e. The summed E-state index contributed by atoms with van der Waals surface area (Å²) in [5, 5.41) is 0.408. The fraction of sp³-hybridized carbons (Fsp3) is 0.294. The van der Waals surface area contributed by atoms with E-state index in [1.807, 2.05) is 0 Å². The topological polar surface area (TPSA) is 92.8 Å². The zero-order chi connectivity index (χ0) is 19.7. The van der Waals surface area contributed by atoms with E-state index in [0.717, 1.165) is 5.56 Å². The minimum absolute atomic E-state index is 0.0391. The van der Waals surface area contributed by atoms with E-state index in [-0.39, 0.29) is 22.9 Å². The smallest absolute Gasteiger partial charge is 0.261 e. The molecule has 1 fully saturated rings. The Morgan fingerprint density at radius 3 is 2.19 bits per heavy atom. The van der Waals surface area contributed by atoms with Crippen LogP contribution in [0.4, 0.5) is 5.69 Å². The van der Waals surface area contributed by atoms with E-state index in [1.165, 1.54) is 34.6 Å². The average molecular weight is 431 g/mol. The maximum atomic E-state index is 12.6. The molecule has 146 valence electrons. The summed E-state index contributed by atoms with van der Waals surface area (Å²) >= 11 is 5.92. The molecule has 0 unspecified atom stereocenters. The molecule has 1 heterocycles. The monoisotopic (exact) mass is 430 g/mol. The lowest BCUT2D eigenvalue weighted by molar-refractivity contribution is 0.0730. The van der Waals surface area contributed by atoms with Crippen LogP contribution < -0.4 is 4.72 Å². The van der Waals surface area contributed by atoms with Crippen molar-refractivity contribution in [2.45, 2.75) is 16.7 Å². The highest BCUT2D eigenvalue weighted by atomic mass is 35.5. The number of hydrogen-bond donors (Lipinski definition) is 1. The van der Waals surface area contributed by atoms with Crippen molar-refractivity contribution in [3.8, 4) is 0 Å². The second kappa shape index (κ2) is 7.76. The third-order valence-corrected chi connectivity index (χ3v) is 7.72. The number of anilines is 1. The Balaban J connectivity index is 1.84. The number of morpholine rings is 1. The van der Waals surface area contributed by atoms with Crippen LogP contribution in [0.2, 0.25) is 5.02 Å². The second-order valence-corrected chi connectivity index (χ2v) is 10.1. The number of halogens is 1. The van der Waals surface area contributed by atoms with Crippen LogP contribution in [0, 0.1) is 6.92 Å². The Morgan fingerprint density at radius 2 is 1.56 bits per heavy atom. The summed E-state index contributed by atoms with van der Waals surface area (Å²) < 4.78 is 59.4. The summed E-state index contributed by atoms with van der Waals surface area (Å²) in [5.41, 5.74) is 1.09. The van der Waals surface area contributed by atoms with Crippen molar-refractivity contribution in [3.63, 3.8) is 0 Å². The first-order valence-corrected chi connectivity index (χ1v) is 11.5. The first-order valence-electron chi connectivity index (χ1n) is 8.17. The lowest BCUT2D eigenvalue weighted by atomic mass is 10.2. The van der Waals surface area contributed by atoms with Crippen LogP contribution in [0.3, 0.4) is 0 Å². The van der Waals surface area contributed by atoms with Gasteiger partial charge in [-0.15, -0.1) is 0 Å². The number of ether oxygens (including phenoxy) is 1. The standard InChI is InChI=1S/C17H19ClN2O5S2/c1-13-2-3-14(18)12-17(13)19-26(21,22)15-4-6-16(7-5-15)27(23,24)20-8-10-25-11-9-20/h2-7,12,19H,8-11H2,1H3. The van der Waals surface area contributed by atoms with Gasteiger partial charge in [0, 0.05) is 18.1 Å². The summed E-state index contributed by atoms with van der Waals surface area (Å²) in [6.45, 7) is 2.99. The molecule has 0 atom stereocenters. The maximum absolute atomic E-state index is 12.6. The molecule has 0 saturated carbocycles. The zero-order valence-corrected chi connectivity index (χ0v) is 16.9. The first-order chi connectivity index (χ1) is 12.7. The van der Waals surface area contributed by atoms with E-state index < -0.39 is 20.0 Å². The molecule has 2 aromatic rings. The van der Waals surface area contributed by atoms with E-state index in [9.17, 15) is 16.8 Å². The van der Waals surface area contributed by atoms with Gasteiger partial charge in [0.05, 0.1) is 28.7 Å². The summed E-state index contributed by atoms with van der Waals surface area (Å²) in [6.07, 6.45) is 0. The van der Waals surface area contributed by atoms with Crippen LogP contribution in [0.25, 0.3) is 0 Å². The van der Waals surface area contributed by atoms with Gasteiger partial charge in [0.1, 0.15) is 0 Å².